The molecule has 1 aromatic carbocycles. The van der Waals surface area contributed by atoms with Crippen molar-refractivity contribution in [3.63, 3.8) is 0 Å². The minimum absolute atomic E-state index is 0.0463. The molecule has 2 aliphatic heterocycles. The van der Waals surface area contributed by atoms with E-state index in [1.54, 1.807) is 31.2 Å². The Kier molecular flexibility index (Phi) is 7.18. The number of ether oxygens (including phenoxy) is 1. The van der Waals surface area contributed by atoms with Crippen LogP contribution in [0.25, 0.3) is 0 Å². The standard InChI is InChI=1S/C18H25N5O8S/c1-11(19)10-30-15-5-3-2-4-12(15)8-16(24)20-21-17(25)14-7-6-13-9-22(14)18(26)23(13)31-32(27,28)29/h2-5,11,13-14H,6-10,19H2,1H3,(H,20,24)(H,21,25)(H,27,28,29)/t11-,13?,14+/m1/s1. The first-order valence-corrected chi connectivity index (χ1v) is 11.2. The Bertz CT molecular complexity index is 985. The van der Waals surface area contributed by atoms with Crippen molar-refractivity contribution in [3.8, 4) is 5.75 Å². The van der Waals surface area contributed by atoms with E-state index in [0.717, 1.165) is 4.90 Å². The third kappa shape index (κ3) is 5.85. The summed E-state index contributed by atoms with van der Waals surface area (Å²) in [6.45, 7) is 2.11. The normalized spacial score (nSPS) is 21.3. The van der Waals surface area contributed by atoms with E-state index < -0.39 is 40.3 Å². The second-order valence-electron chi connectivity index (χ2n) is 7.62. The lowest BCUT2D eigenvalue weighted by Gasteiger charge is -2.29. The van der Waals surface area contributed by atoms with Crippen molar-refractivity contribution in [2.75, 3.05) is 13.2 Å². The number of hydrazine groups is 1. The van der Waals surface area contributed by atoms with Gasteiger partial charge in [0.05, 0.1) is 12.5 Å². The molecule has 4 amide bonds. The van der Waals surface area contributed by atoms with Gasteiger partial charge >= 0.3 is 16.4 Å². The van der Waals surface area contributed by atoms with E-state index in [1.807, 2.05) is 0 Å². The second-order valence-corrected chi connectivity index (χ2v) is 8.62. The summed E-state index contributed by atoms with van der Waals surface area (Å²) in [4.78, 5) is 38.3. The molecule has 0 aromatic heterocycles. The quantitative estimate of drug-likeness (QED) is 0.276. The van der Waals surface area contributed by atoms with Gasteiger partial charge in [-0.05, 0) is 25.8 Å². The number of hydrogen-bond acceptors (Lipinski definition) is 8. The fourth-order valence-electron chi connectivity index (χ4n) is 3.55. The van der Waals surface area contributed by atoms with Gasteiger partial charge in [0.1, 0.15) is 18.4 Å². The molecule has 0 aliphatic carbocycles. The lowest BCUT2D eigenvalue weighted by molar-refractivity contribution is -0.131. The van der Waals surface area contributed by atoms with Gasteiger partial charge in [0.15, 0.2) is 0 Å². The van der Waals surface area contributed by atoms with Gasteiger partial charge in [0.2, 0.25) is 5.91 Å². The van der Waals surface area contributed by atoms with Crippen LogP contribution in [0, 0.1) is 0 Å². The number of hydrogen-bond donors (Lipinski definition) is 4. The van der Waals surface area contributed by atoms with Gasteiger partial charge in [0, 0.05) is 18.2 Å². The summed E-state index contributed by atoms with van der Waals surface area (Å²) in [5, 5.41) is 0.542. The minimum atomic E-state index is -4.88. The number of piperidine rings is 1. The maximum absolute atomic E-state index is 12.5. The summed E-state index contributed by atoms with van der Waals surface area (Å²) in [5.41, 5.74) is 10.9. The molecule has 1 aromatic rings. The SMILES string of the molecule is C[C@@H](N)COc1ccccc1CC(=O)NNC(=O)[C@@H]1CCC2CN1C(=O)N2OS(=O)(=O)O. The van der Waals surface area contributed by atoms with Crippen LogP contribution >= 0.6 is 0 Å². The van der Waals surface area contributed by atoms with Crippen molar-refractivity contribution in [2.45, 2.75) is 44.3 Å². The summed E-state index contributed by atoms with van der Waals surface area (Å²) in [7, 11) is -4.88. The van der Waals surface area contributed by atoms with Crippen molar-refractivity contribution >= 4 is 28.2 Å². The number of amides is 4. The van der Waals surface area contributed by atoms with Gasteiger partial charge in [-0.1, -0.05) is 18.2 Å². The third-order valence-electron chi connectivity index (χ3n) is 4.95. The molecule has 3 atom stereocenters. The van der Waals surface area contributed by atoms with E-state index in [2.05, 4.69) is 15.1 Å². The van der Waals surface area contributed by atoms with Crippen LogP contribution in [0.4, 0.5) is 4.79 Å². The molecule has 13 nitrogen and oxygen atoms in total. The molecule has 0 spiro atoms. The highest BCUT2D eigenvalue weighted by molar-refractivity contribution is 7.80. The maximum atomic E-state index is 12.5. The highest BCUT2D eigenvalue weighted by Crippen LogP contribution is 2.30. The van der Waals surface area contributed by atoms with Crippen molar-refractivity contribution in [2.24, 2.45) is 5.73 Å². The highest BCUT2D eigenvalue weighted by atomic mass is 32.3. The van der Waals surface area contributed by atoms with Crippen molar-refractivity contribution in [3.05, 3.63) is 29.8 Å². The molecule has 176 valence electrons. The van der Waals surface area contributed by atoms with Gasteiger partial charge in [0.25, 0.3) is 5.91 Å². The zero-order valence-electron chi connectivity index (χ0n) is 17.3. The van der Waals surface area contributed by atoms with Crippen LogP contribution in [0.3, 0.4) is 0 Å². The van der Waals surface area contributed by atoms with Crippen molar-refractivity contribution < 1.29 is 36.4 Å². The first kappa shape index (κ1) is 23.7. The van der Waals surface area contributed by atoms with Crippen LogP contribution in [-0.4, -0.2) is 72.1 Å². The first-order valence-electron chi connectivity index (χ1n) is 9.87. The maximum Gasteiger partial charge on any atom is 0.418 e. The molecule has 0 saturated carbocycles. The largest absolute Gasteiger partial charge is 0.492 e. The predicted molar refractivity (Wildman–Crippen MR) is 109 cm³/mol. The summed E-state index contributed by atoms with van der Waals surface area (Å²) >= 11 is 0. The number of para-hydroxylation sites is 1. The van der Waals surface area contributed by atoms with E-state index in [1.165, 1.54) is 0 Å². The summed E-state index contributed by atoms with van der Waals surface area (Å²) < 4.78 is 40.6. The van der Waals surface area contributed by atoms with Gasteiger partial charge < -0.3 is 15.4 Å². The molecule has 2 fully saturated rings. The van der Waals surface area contributed by atoms with Crippen molar-refractivity contribution in [1.82, 2.24) is 20.8 Å². The lowest BCUT2D eigenvalue weighted by Crippen LogP contribution is -2.54. The Hall–Kier alpha value is -2.94. The number of rotatable bonds is 8. The Labute approximate surface area is 184 Å². The van der Waals surface area contributed by atoms with Crippen LogP contribution in [0.2, 0.25) is 0 Å². The van der Waals surface area contributed by atoms with E-state index in [-0.39, 0.29) is 38.5 Å². The Morgan fingerprint density at radius 3 is 2.69 bits per heavy atom. The average Bonchev–Trinajstić information content (AvgIpc) is 2.95. The molecule has 3 rings (SSSR count). The monoisotopic (exact) mass is 471 g/mol. The summed E-state index contributed by atoms with van der Waals surface area (Å²) in [5.74, 6) is -0.639. The van der Waals surface area contributed by atoms with Crippen LogP contribution < -0.4 is 21.3 Å². The number of carbonyl (C=O) groups is 3. The van der Waals surface area contributed by atoms with Gasteiger partial charge in [-0.15, -0.1) is 4.28 Å². The first-order chi connectivity index (χ1) is 15.0. The topological polar surface area (TPSA) is 181 Å². The lowest BCUT2D eigenvalue weighted by atomic mass is 10.0. The molecule has 2 aliphatic rings. The van der Waals surface area contributed by atoms with Crippen LogP contribution in [0.5, 0.6) is 5.75 Å². The van der Waals surface area contributed by atoms with Gasteiger partial charge in [-0.25, -0.2) is 4.79 Å². The number of nitrogens with one attached hydrogen (secondary N) is 2. The molecule has 0 radical (unpaired) electrons. The van der Waals surface area contributed by atoms with Crippen molar-refractivity contribution in [1.29, 1.82) is 0 Å². The zero-order chi connectivity index (χ0) is 23.5. The molecule has 2 saturated heterocycles. The van der Waals surface area contributed by atoms with Gasteiger partial charge in [-0.2, -0.15) is 13.5 Å². The van der Waals surface area contributed by atoms with E-state index in [9.17, 15) is 22.8 Å². The number of nitrogens with two attached hydrogens (primary N) is 1. The fraction of sp³-hybridized carbons (Fsp3) is 0.500. The smallest absolute Gasteiger partial charge is 0.418 e. The second kappa shape index (κ2) is 9.68. The molecule has 1 unspecified atom stereocenters. The molecule has 14 heteroatoms. The zero-order valence-corrected chi connectivity index (χ0v) is 18.1. The number of hydroxylamine groups is 2. The molecule has 5 N–H and O–H groups in total. The molecular formula is C18H25N5O8S. The Morgan fingerprint density at radius 2 is 2.00 bits per heavy atom. The summed E-state index contributed by atoms with van der Waals surface area (Å²) in [6, 6.07) is 4.34. The highest BCUT2D eigenvalue weighted by Gasteiger charge is 2.49. The Balaban J connectivity index is 1.54. The van der Waals surface area contributed by atoms with Crippen LogP contribution in [0.15, 0.2) is 24.3 Å². The van der Waals surface area contributed by atoms with E-state index in [0.29, 0.717) is 16.4 Å². The van der Waals surface area contributed by atoms with Crippen LogP contribution in [0.1, 0.15) is 25.3 Å². The number of benzene rings is 1. The predicted octanol–water partition coefficient (Wildman–Crippen LogP) is -0.894. The molecular weight excluding hydrogens is 446 g/mol. The number of fused-ring (bicyclic) bond motifs is 2. The molecule has 32 heavy (non-hydrogen) atoms. The fourth-order valence-corrected chi connectivity index (χ4v) is 3.94. The molecule has 2 bridgehead atoms. The molecule has 2 heterocycles. The Morgan fingerprint density at radius 1 is 1.28 bits per heavy atom. The minimum Gasteiger partial charge on any atom is -0.492 e. The average molecular weight is 471 g/mol. The van der Waals surface area contributed by atoms with Gasteiger partial charge in [-0.3, -0.25) is 25.0 Å². The number of urea groups is 1. The number of carbonyl (C=O) groups excluding carboxylic acids is 3. The van der Waals surface area contributed by atoms with Crippen LogP contribution in [-0.2, 0) is 30.7 Å². The third-order valence-corrected chi connectivity index (χ3v) is 5.30. The summed E-state index contributed by atoms with van der Waals surface area (Å²) in [6.07, 6.45) is 0.423. The van der Waals surface area contributed by atoms with E-state index >= 15 is 0 Å². The number of nitrogens with zero attached hydrogens (tertiary/aromatic N) is 2. The van der Waals surface area contributed by atoms with E-state index in [4.69, 9.17) is 15.0 Å².